The predicted molar refractivity (Wildman–Crippen MR) is 85.4 cm³/mol. The summed E-state index contributed by atoms with van der Waals surface area (Å²) in [4.78, 5) is 4.69. The van der Waals surface area contributed by atoms with Gasteiger partial charge in [0.05, 0.1) is 0 Å². The second kappa shape index (κ2) is 7.14. The Bertz CT molecular complexity index is 443. The Hall–Kier alpha value is -1.00. The van der Waals surface area contributed by atoms with Crippen molar-refractivity contribution in [3.8, 4) is 0 Å². The first-order chi connectivity index (χ1) is 9.90. The Balaban J connectivity index is 1.42. The zero-order chi connectivity index (χ0) is 13.6. The van der Waals surface area contributed by atoms with E-state index in [9.17, 15) is 0 Å². The maximum absolute atomic E-state index is 5.39. The molecule has 2 aliphatic rings. The molecule has 0 aromatic heterocycles. The van der Waals surface area contributed by atoms with Crippen LogP contribution in [0.15, 0.2) is 35.3 Å². The lowest BCUT2D eigenvalue weighted by Gasteiger charge is -2.09. The molecule has 0 amide bonds. The fourth-order valence-electron chi connectivity index (χ4n) is 2.70. The van der Waals surface area contributed by atoms with Gasteiger partial charge in [-0.3, -0.25) is 4.99 Å². The fraction of sp³-hybridized carbons (Fsp3) is 0.562. The van der Waals surface area contributed by atoms with Crippen LogP contribution in [0.3, 0.4) is 0 Å². The standard InChI is InChI=1S/C16H22N2OS/c1-2-4-13(5-3-1)10-15-12-20-16(18-15)17-8-6-14-7-9-19-11-14/h1-5,14-15H,6-12H2,(H,17,18). The highest BCUT2D eigenvalue weighted by Crippen LogP contribution is 2.19. The first kappa shape index (κ1) is 14.0. The smallest absolute Gasteiger partial charge is 0.156 e. The van der Waals surface area contributed by atoms with Gasteiger partial charge in [-0.15, -0.1) is 0 Å². The SMILES string of the molecule is c1ccc(CC2CSC(=NCCC3CCOC3)N2)cc1. The van der Waals surface area contributed by atoms with E-state index in [2.05, 4.69) is 35.6 Å². The van der Waals surface area contributed by atoms with Gasteiger partial charge in [-0.2, -0.15) is 0 Å². The van der Waals surface area contributed by atoms with Gasteiger partial charge < -0.3 is 10.1 Å². The van der Waals surface area contributed by atoms with Crippen molar-refractivity contribution in [2.45, 2.75) is 25.3 Å². The number of rotatable bonds is 5. The summed E-state index contributed by atoms with van der Waals surface area (Å²) in [6, 6.07) is 11.2. The molecular weight excluding hydrogens is 268 g/mol. The highest BCUT2D eigenvalue weighted by atomic mass is 32.2. The molecule has 2 atom stereocenters. The monoisotopic (exact) mass is 290 g/mol. The Kier molecular flexibility index (Phi) is 4.98. The van der Waals surface area contributed by atoms with E-state index in [0.29, 0.717) is 6.04 Å². The summed E-state index contributed by atoms with van der Waals surface area (Å²) in [6.07, 6.45) is 3.46. The lowest BCUT2D eigenvalue weighted by atomic mass is 10.1. The van der Waals surface area contributed by atoms with Crippen LogP contribution in [0.1, 0.15) is 18.4 Å². The minimum atomic E-state index is 0.524. The molecule has 3 nitrogen and oxygen atoms in total. The van der Waals surface area contributed by atoms with Crippen LogP contribution in [0.25, 0.3) is 0 Å². The van der Waals surface area contributed by atoms with E-state index in [1.165, 1.54) is 12.0 Å². The van der Waals surface area contributed by atoms with Gasteiger partial charge in [-0.1, -0.05) is 42.1 Å². The van der Waals surface area contributed by atoms with E-state index in [0.717, 1.165) is 49.4 Å². The van der Waals surface area contributed by atoms with Gasteiger partial charge in [-0.25, -0.2) is 0 Å². The van der Waals surface area contributed by atoms with E-state index < -0.39 is 0 Å². The minimum Gasteiger partial charge on any atom is -0.381 e. The lowest BCUT2D eigenvalue weighted by molar-refractivity contribution is 0.184. The van der Waals surface area contributed by atoms with Crippen molar-refractivity contribution in [1.82, 2.24) is 5.32 Å². The zero-order valence-electron chi connectivity index (χ0n) is 11.8. The van der Waals surface area contributed by atoms with Gasteiger partial charge in [-0.05, 0) is 30.7 Å². The molecule has 4 heteroatoms. The summed E-state index contributed by atoms with van der Waals surface area (Å²) < 4.78 is 5.39. The first-order valence-corrected chi connectivity index (χ1v) is 8.44. The highest BCUT2D eigenvalue weighted by Gasteiger charge is 2.20. The molecule has 2 saturated heterocycles. The van der Waals surface area contributed by atoms with Gasteiger partial charge >= 0.3 is 0 Å². The summed E-state index contributed by atoms with van der Waals surface area (Å²) in [6.45, 7) is 2.80. The van der Waals surface area contributed by atoms with Crippen LogP contribution in [-0.4, -0.2) is 36.7 Å². The van der Waals surface area contributed by atoms with Crippen molar-refractivity contribution >= 4 is 16.9 Å². The second-order valence-electron chi connectivity index (χ2n) is 5.55. The molecule has 2 fully saturated rings. The third-order valence-corrected chi connectivity index (χ3v) is 4.98. The summed E-state index contributed by atoms with van der Waals surface area (Å²) in [5.41, 5.74) is 1.40. The molecule has 1 aromatic carbocycles. The number of amidine groups is 1. The van der Waals surface area contributed by atoms with E-state index >= 15 is 0 Å². The number of hydrogen-bond acceptors (Lipinski definition) is 3. The van der Waals surface area contributed by atoms with Crippen LogP contribution in [0.4, 0.5) is 0 Å². The molecule has 3 rings (SSSR count). The molecule has 2 heterocycles. The number of nitrogens with zero attached hydrogens (tertiary/aromatic N) is 1. The van der Waals surface area contributed by atoms with Crippen molar-refractivity contribution in [1.29, 1.82) is 0 Å². The second-order valence-corrected chi connectivity index (χ2v) is 6.56. The molecule has 0 saturated carbocycles. The van der Waals surface area contributed by atoms with Crippen LogP contribution < -0.4 is 5.32 Å². The molecule has 0 radical (unpaired) electrons. The maximum atomic E-state index is 5.39. The highest BCUT2D eigenvalue weighted by molar-refractivity contribution is 8.14. The Morgan fingerprint density at radius 1 is 1.30 bits per heavy atom. The molecular formula is C16H22N2OS. The third kappa shape index (κ3) is 4.00. The molecule has 1 N–H and O–H groups in total. The van der Waals surface area contributed by atoms with Crippen LogP contribution in [0, 0.1) is 5.92 Å². The van der Waals surface area contributed by atoms with Crippen molar-refractivity contribution in [3.05, 3.63) is 35.9 Å². The molecule has 0 spiro atoms. The number of aliphatic imine (C=N–C) groups is 1. The molecule has 0 aliphatic carbocycles. The zero-order valence-corrected chi connectivity index (χ0v) is 12.6. The fourth-order valence-corrected chi connectivity index (χ4v) is 3.69. The van der Waals surface area contributed by atoms with Crippen molar-refractivity contribution < 1.29 is 4.74 Å². The third-order valence-electron chi connectivity index (χ3n) is 3.89. The van der Waals surface area contributed by atoms with Gasteiger partial charge in [0, 0.05) is 31.6 Å². The largest absolute Gasteiger partial charge is 0.381 e. The number of hydrogen-bond donors (Lipinski definition) is 1. The van der Waals surface area contributed by atoms with Gasteiger partial charge in [0.2, 0.25) is 0 Å². The molecule has 2 unspecified atom stereocenters. The molecule has 20 heavy (non-hydrogen) atoms. The maximum Gasteiger partial charge on any atom is 0.156 e. The van der Waals surface area contributed by atoms with Gasteiger partial charge in [0.25, 0.3) is 0 Å². The van der Waals surface area contributed by atoms with Crippen molar-refractivity contribution in [2.24, 2.45) is 10.9 Å². The molecule has 1 aromatic rings. The van der Waals surface area contributed by atoms with Gasteiger partial charge in [0.15, 0.2) is 5.17 Å². The average molecular weight is 290 g/mol. The minimum absolute atomic E-state index is 0.524. The lowest BCUT2D eigenvalue weighted by Crippen LogP contribution is -2.29. The normalized spacial score (nSPS) is 27.9. The van der Waals surface area contributed by atoms with Crippen LogP contribution in [-0.2, 0) is 11.2 Å². The van der Waals surface area contributed by atoms with E-state index in [1.54, 1.807) is 0 Å². The quantitative estimate of drug-likeness (QED) is 0.905. The predicted octanol–water partition coefficient (Wildman–Crippen LogP) is 2.72. The first-order valence-electron chi connectivity index (χ1n) is 7.45. The number of thioether (sulfide) groups is 1. The molecule has 2 aliphatic heterocycles. The summed E-state index contributed by atoms with van der Waals surface area (Å²) in [5.74, 6) is 1.85. The van der Waals surface area contributed by atoms with Crippen molar-refractivity contribution in [2.75, 3.05) is 25.5 Å². The number of nitrogens with one attached hydrogen (secondary N) is 1. The average Bonchev–Trinajstić information content (AvgIpc) is 3.12. The van der Waals surface area contributed by atoms with Crippen molar-refractivity contribution in [3.63, 3.8) is 0 Å². The summed E-state index contributed by atoms with van der Waals surface area (Å²) in [5, 5.41) is 4.68. The summed E-state index contributed by atoms with van der Waals surface area (Å²) >= 11 is 1.86. The van der Waals surface area contributed by atoms with Crippen LogP contribution in [0.2, 0.25) is 0 Å². The molecule has 108 valence electrons. The Morgan fingerprint density at radius 2 is 2.20 bits per heavy atom. The van der Waals surface area contributed by atoms with Gasteiger partial charge in [0.1, 0.15) is 0 Å². The number of benzene rings is 1. The van der Waals surface area contributed by atoms with E-state index in [1.807, 2.05) is 11.8 Å². The Morgan fingerprint density at radius 3 is 3.00 bits per heavy atom. The van der Waals surface area contributed by atoms with E-state index in [-0.39, 0.29) is 0 Å². The molecule has 0 bridgehead atoms. The van der Waals surface area contributed by atoms with Crippen LogP contribution >= 0.6 is 11.8 Å². The Labute approximate surface area is 125 Å². The summed E-state index contributed by atoms with van der Waals surface area (Å²) in [7, 11) is 0. The van der Waals surface area contributed by atoms with E-state index in [4.69, 9.17) is 9.73 Å². The van der Waals surface area contributed by atoms with Crippen LogP contribution in [0.5, 0.6) is 0 Å². The number of ether oxygens (including phenoxy) is 1. The topological polar surface area (TPSA) is 33.6 Å².